The maximum absolute atomic E-state index is 12.5. The molecule has 0 aliphatic carbocycles. The first kappa shape index (κ1) is 15.3. The molecule has 21 heavy (non-hydrogen) atoms. The summed E-state index contributed by atoms with van der Waals surface area (Å²) in [6.07, 6.45) is 2.96. The molecule has 2 heterocycles. The standard InChI is InChI=1S/C14H23N5O2/c1-3-12(20)17-6-5-7-18(9-8-17)14(21)13-11(15)10-19(4-2)16-13/h10H,3-9,15H2,1-2H3. The number of hydrogen-bond donors (Lipinski definition) is 1. The van der Waals surface area contributed by atoms with Gasteiger partial charge in [0.15, 0.2) is 5.69 Å². The van der Waals surface area contributed by atoms with E-state index in [4.69, 9.17) is 5.73 Å². The summed E-state index contributed by atoms with van der Waals surface area (Å²) >= 11 is 0. The summed E-state index contributed by atoms with van der Waals surface area (Å²) in [5.74, 6) is -0.00966. The molecule has 0 atom stereocenters. The van der Waals surface area contributed by atoms with Crippen LogP contribution in [0.25, 0.3) is 0 Å². The van der Waals surface area contributed by atoms with Crippen molar-refractivity contribution in [2.45, 2.75) is 33.2 Å². The van der Waals surface area contributed by atoms with Crippen molar-refractivity contribution in [2.24, 2.45) is 0 Å². The monoisotopic (exact) mass is 293 g/mol. The van der Waals surface area contributed by atoms with E-state index in [9.17, 15) is 9.59 Å². The van der Waals surface area contributed by atoms with Gasteiger partial charge < -0.3 is 15.5 Å². The lowest BCUT2D eigenvalue weighted by molar-refractivity contribution is -0.130. The number of amides is 2. The number of aryl methyl sites for hydroxylation is 1. The molecule has 7 nitrogen and oxygen atoms in total. The highest BCUT2D eigenvalue weighted by atomic mass is 16.2. The largest absolute Gasteiger partial charge is 0.396 e. The fourth-order valence-corrected chi connectivity index (χ4v) is 2.51. The van der Waals surface area contributed by atoms with Gasteiger partial charge in [-0.15, -0.1) is 0 Å². The first-order valence-electron chi connectivity index (χ1n) is 7.46. The van der Waals surface area contributed by atoms with Crippen LogP contribution >= 0.6 is 0 Å². The van der Waals surface area contributed by atoms with Gasteiger partial charge in [-0.1, -0.05) is 6.92 Å². The lowest BCUT2D eigenvalue weighted by Gasteiger charge is -2.21. The fourth-order valence-electron chi connectivity index (χ4n) is 2.51. The van der Waals surface area contributed by atoms with Gasteiger partial charge in [0, 0.05) is 45.3 Å². The minimum Gasteiger partial charge on any atom is -0.396 e. The van der Waals surface area contributed by atoms with Gasteiger partial charge in [0.1, 0.15) is 0 Å². The molecule has 0 radical (unpaired) electrons. The van der Waals surface area contributed by atoms with Crippen LogP contribution in [0, 0.1) is 0 Å². The third kappa shape index (κ3) is 3.34. The Morgan fingerprint density at radius 2 is 1.86 bits per heavy atom. The van der Waals surface area contributed by atoms with E-state index >= 15 is 0 Å². The first-order valence-corrected chi connectivity index (χ1v) is 7.46. The van der Waals surface area contributed by atoms with E-state index in [1.807, 2.05) is 18.7 Å². The Kier molecular flexibility index (Phi) is 4.82. The highest BCUT2D eigenvalue weighted by molar-refractivity contribution is 5.97. The van der Waals surface area contributed by atoms with E-state index in [1.165, 1.54) is 0 Å². The molecular formula is C14H23N5O2. The van der Waals surface area contributed by atoms with Crippen LogP contribution in [0.5, 0.6) is 0 Å². The molecule has 0 aromatic carbocycles. The highest BCUT2D eigenvalue weighted by Crippen LogP contribution is 2.14. The second kappa shape index (κ2) is 6.60. The van der Waals surface area contributed by atoms with Crippen molar-refractivity contribution in [3.8, 4) is 0 Å². The van der Waals surface area contributed by atoms with Crippen LogP contribution < -0.4 is 5.73 Å². The predicted molar refractivity (Wildman–Crippen MR) is 79.7 cm³/mol. The molecule has 2 amide bonds. The van der Waals surface area contributed by atoms with E-state index in [0.717, 1.165) is 6.42 Å². The molecule has 1 aromatic heterocycles. The Bertz CT molecular complexity index is 525. The van der Waals surface area contributed by atoms with E-state index in [0.29, 0.717) is 50.5 Å². The van der Waals surface area contributed by atoms with Crippen molar-refractivity contribution in [3.05, 3.63) is 11.9 Å². The molecular weight excluding hydrogens is 270 g/mol. The van der Waals surface area contributed by atoms with E-state index in [2.05, 4.69) is 5.10 Å². The minimum absolute atomic E-state index is 0.138. The van der Waals surface area contributed by atoms with Crippen molar-refractivity contribution >= 4 is 17.5 Å². The maximum Gasteiger partial charge on any atom is 0.276 e. The van der Waals surface area contributed by atoms with Crippen molar-refractivity contribution in [2.75, 3.05) is 31.9 Å². The number of nitrogens with two attached hydrogens (primary N) is 1. The normalized spacial score (nSPS) is 15.9. The molecule has 7 heteroatoms. The van der Waals surface area contributed by atoms with Crippen molar-refractivity contribution in [3.63, 3.8) is 0 Å². The lowest BCUT2D eigenvalue weighted by Crippen LogP contribution is -2.37. The number of carbonyl (C=O) groups excluding carboxylic acids is 2. The summed E-state index contributed by atoms with van der Waals surface area (Å²) < 4.78 is 1.66. The zero-order valence-electron chi connectivity index (χ0n) is 12.7. The minimum atomic E-state index is -0.148. The smallest absolute Gasteiger partial charge is 0.276 e. The topological polar surface area (TPSA) is 84.5 Å². The molecule has 1 fully saturated rings. The molecule has 2 N–H and O–H groups in total. The van der Waals surface area contributed by atoms with Crippen LogP contribution in [0.3, 0.4) is 0 Å². The molecule has 0 bridgehead atoms. The average molecular weight is 293 g/mol. The van der Waals surface area contributed by atoms with Crippen LogP contribution in [0.1, 0.15) is 37.2 Å². The molecule has 2 rings (SSSR count). The molecule has 116 valence electrons. The third-order valence-corrected chi connectivity index (χ3v) is 3.75. The first-order chi connectivity index (χ1) is 10.1. The Morgan fingerprint density at radius 1 is 1.19 bits per heavy atom. The summed E-state index contributed by atoms with van der Waals surface area (Å²) in [7, 11) is 0. The summed E-state index contributed by atoms with van der Waals surface area (Å²) in [5.41, 5.74) is 6.59. The number of rotatable bonds is 3. The molecule has 1 aromatic rings. The van der Waals surface area contributed by atoms with Crippen molar-refractivity contribution in [1.29, 1.82) is 0 Å². The quantitative estimate of drug-likeness (QED) is 0.883. The zero-order valence-corrected chi connectivity index (χ0v) is 12.7. The van der Waals surface area contributed by atoms with Gasteiger partial charge in [0.25, 0.3) is 5.91 Å². The average Bonchev–Trinajstić information content (AvgIpc) is 2.72. The molecule has 0 unspecified atom stereocenters. The third-order valence-electron chi connectivity index (χ3n) is 3.75. The van der Waals surface area contributed by atoms with Crippen LogP contribution in [0.15, 0.2) is 6.20 Å². The summed E-state index contributed by atoms with van der Waals surface area (Å²) in [6, 6.07) is 0. The fraction of sp³-hybridized carbons (Fsp3) is 0.643. The molecule has 0 spiro atoms. The summed E-state index contributed by atoms with van der Waals surface area (Å²) in [4.78, 5) is 27.8. The van der Waals surface area contributed by atoms with E-state index in [-0.39, 0.29) is 11.8 Å². The Balaban J connectivity index is 2.06. The number of nitrogen functional groups attached to an aromatic ring is 1. The molecule has 0 saturated carbocycles. The zero-order chi connectivity index (χ0) is 15.4. The number of aromatic nitrogens is 2. The second-order valence-electron chi connectivity index (χ2n) is 5.17. The van der Waals surface area contributed by atoms with Gasteiger partial charge in [-0.05, 0) is 13.3 Å². The Hall–Kier alpha value is -2.05. The van der Waals surface area contributed by atoms with Crippen LogP contribution in [0.2, 0.25) is 0 Å². The summed E-state index contributed by atoms with van der Waals surface area (Å²) in [5, 5.41) is 4.22. The molecule has 1 saturated heterocycles. The molecule has 1 aliphatic heterocycles. The van der Waals surface area contributed by atoms with Gasteiger partial charge in [-0.3, -0.25) is 14.3 Å². The second-order valence-corrected chi connectivity index (χ2v) is 5.17. The van der Waals surface area contributed by atoms with Gasteiger partial charge in [-0.25, -0.2) is 0 Å². The SMILES string of the molecule is CCC(=O)N1CCCN(C(=O)c2nn(CC)cc2N)CC1. The van der Waals surface area contributed by atoms with Gasteiger partial charge in [-0.2, -0.15) is 5.10 Å². The highest BCUT2D eigenvalue weighted by Gasteiger charge is 2.25. The number of nitrogens with zero attached hydrogens (tertiary/aromatic N) is 4. The van der Waals surface area contributed by atoms with E-state index < -0.39 is 0 Å². The summed E-state index contributed by atoms with van der Waals surface area (Å²) in [6.45, 7) is 6.92. The van der Waals surface area contributed by atoms with Gasteiger partial charge in [0.2, 0.25) is 5.91 Å². The van der Waals surface area contributed by atoms with Crippen LogP contribution in [-0.4, -0.2) is 57.6 Å². The number of anilines is 1. The predicted octanol–water partition coefficient (Wildman–Crippen LogP) is 0.570. The van der Waals surface area contributed by atoms with Gasteiger partial charge in [0.05, 0.1) is 5.69 Å². The Morgan fingerprint density at radius 3 is 2.48 bits per heavy atom. The van der Waals surface area contributed by atoms with E-state index in [1.54, 1.807) is 15.8 Å². The molecule has 1 aliphatic rings. The van der Waals surface area contributed by atoms with Crippen molar-refractivity contribution in [1.82, 2.24) is 19.6 Å². The number of carbonyl (C=O) groups is 2. The Labute approximate surface area is 124 Å². The van der Waals surface area contributed by atoms with Crippen LogP contribution in [0.4, 0.5) is 5.69 Å². The van der Waals surface area contributed by atoms with Gasteiger partial charge >= 0.3 is 0 Å². The lowest BCUT2D eigenvalue weighted by atomic mass is 10.3. The van der Waals surface area contributed by atoms with Crippen LogP contribution in [-0.2, 0) is 11.3 Å². The van der Waals surface area contributed by atoms with Crippen molar-refractivity contribution < 1.29 is 9.59 Å². The number of hydrogen-bond acceptors (Lipinski definition) is 4. The maximum atomic E-state index is 12.5.